The molecule has 0 fully saturated rings. The normalized spacial score (nSPS) is 13.0. The maximum Gasteiger partial charge on any atom is 0.0722 e. The number of aromatic nitrogens is 2. The molecule has 2 nitrogen and oxygen atoms in total. The molecule has 0 saturated carbocycles. The van der Waals surface area contributed by atoms with Gasteiger partial charge in [-0.3, -0.25) is 9.97 Å². The van der Waals surface area contributed by atoms with Crippen LogP contribution in [0.25, 0.3) is 0 Å². The van der Waals surface area contributed by atoms with Crippen LogP contribution in [0, 0.1) is 0 Å². The summed E-state index contributed by atoms with van der Waals surface area (Å²) in [5.74, 6) is 0. The Labute approximate surface area is 68.8 Å². The van der Waals surface area contributed by atoms with E-state index in [1.807, 2.05) is 0 Å². The van der Waals surface area contributed by atoms with Crippen LogP contribution in [-0.4, -0.2) is 9.97 Å². The summed E-state index contributed by atoms with van der Waals surface area (Å²) < 4.78 is 0. The van der Waals surface area contributed by atoms with Crippen LogP contribution >= 0.6 is 15.9 Å². The maximum atomic E-state index is 4.14. The molecule has 54 valence electrons. The first-order valence-electron chi connectivity index (χ1n) is 3.24. The van der Waals surface area contributed by atoms with Gasteiger partial charge in [0.05, 0.1) is 10.5 Å². The second kappa shape index (κ2) is 3.66. The van der Waals surface area contributed by atoms with Gasteiger partial charge >= 0.3 is 0 Å². The Hall–Kier alpha value is -0.440. The van der Waals surface area contributed by atoms with E-state index in [4.69, 9.17) is 0 Å². The molecule has 1 heterocycles. The predicted octanol–water partition coefficient (Wildman–Crippen LogP) is 2.32. The molecule has 0 radical (unpaired) electrons. The molecule has 0 aliphatic heterocycles. The molecule has 0 aromatic carbocycles. The third-order valence-corrected chi connectivity index (χ3v) is 2.38. The van der Waals surface area contributed by atoms with Crippen molar-refractivity contribution in [2.24, 2.45) is 0 Å². The van der Waals surface area contributed by atoms with Crippen molar-refractivity contribution in [1.29, 1.82) is 0 Å². The minimum Gasteiger partial charge on any atom is -0.261 e. The van der Waals surface area contributed by atoms with Crippen LogP contribution in [0.4, 0.5) is 0 Å². The molecule has 0 N–H and O–H groups in total. The SMILES string of the molecule is CC[C@@H](Br)c1cnccn1. The average Bonchev–Trinajstić information content (AvgIpc) is 2.05. The van der Waals surface area contributed by atoms with Crippen molar-refractivity contribution in [2.75, 3.05) is 0 Å². The smallest absolute Gasteiger partial charge is 0.0722 e. The number of halogens is 1. The minimum atomic E-state index is 0.348. The van der Waals surface area contributed by atoms with E-state index in [2.05, 4.69) is 32.8 Å². The highest BCUT2D eigenvalue weighted by Crippen LogP contribution is 2.22. The quantitative estimate of drug-likeness (QED) is 0.686. The molecule has 1 aromatic heterocycles. The first-order chi connectivity index (χ1) is 4.84. The molecular weight excluding hydrogens is 192 g/mol. The summed E-state index contributed by atoms with van der Waals surface area (Å²) in [7, 11) is 0. The topological polar surface area (TPSA) is 25.8 Å². The van der Waals surface area contributed by atoms with Crippen LogP contribution in [0.2, 0.25) is 0 Å². The van der Waals surface area contributed by atoms with Gasteiger partial charge in [-0.25, -0.2) is 0 Å². The van der Waals surface area contributed by atoms with Gasteiger partial charge in [-0.1, -0.05) is 22.9 Å². The zero-order valence-electron chi connectivity index (χ0n) is 5.79. The monoisotopic (exact) mass is 200 g/mol. The lowest BCUT2D eigenvalue weighted by molar-refractivity contribution is 0.861. The molecule has 0 bridgehead atoms. The van der Waals surface area contributed by atoms with Crippen molar-refractivity contribution in [3.63, 3.8) is 0 Å². The lowest BCUT2D eigenvalue weighted by atomic mass is 10.3. The van der Waals surface area contributed by atoms with Gasteiger partial charge in [0.1, 0.15) is 0 Å². The number of hydrogen-bond acceptors (Lipinski definition) is 2. The first-order valence-corrected chi connectivity index (χ1v) is 4.16. The summed E-state index contributed by atoms with van der Waals surface area (Å²) in [5.41, 5.74) is 1.00. The molecule has 0 aliphatic rings. The number of rotatable bonds is 2. The van der Waals surface area contributed by atoms with Gasteiger partial charge in [0.25, 0.3) is 0 Å². The Bertz CT molecular complexity index is 188. The Morgan fingerprint density at radius 1 is 1.60 bits per heavy atom. The van der Waals surface area contributed by atoms with Crippen molar-refractivity contribution in [3.8, 4) is 0 Å². The Balaban J connectivity index is 2.75. The number of alkyl halides is 1. The van der Waals surface area contributed by atoms with E-state index in [9.17, 15) is 0 Å². The van der Waals surface area contributed by atoms with Gasteiger partial charge in [0, 0.05) is 18.6 Å². The van der Waals surface area contributed by atoms with Crippen LogP contribution in [0.1, 0.15) is 23.9 Å². The fraction of sp³-hybridized carbons (Fsp3) is 0.429. The van der Waals surface area contributed by atoms with E-state index in [1.54, 1.807) is 18.6 Å². The molecule has 10 heavy (non-hydrogen) atoms. The molecule has 0 saturated heterocycles. The van der Waals surface area contributed by atoms with Crippen molar-refractivity contribution in [1.82, 2.24) is 9.97 Å². The van der Waals surface area contributed by atoms with Gasteiger partial charge in [-0.15, -0.1) is 0 Å². The summed E-state index contributed by atoms with van der Waals surface area (Å²) in [4.78, 5) is 8.45. The van der Waals surface area contributed by atoms with Crippen molar-refractivity contribution < 1.29 is 0 Å². The first kappa shape index (κ1) is 7.66. The molecule has 0 aliphatic carbocycles. The van der Waals surface area contributed by atoms with Crippen LogP contribution in [-0.2, 0) is 0 Å². The van der Waals surface area contributed by atoms with Crippen LogP contribution in [0.3, 0.4) is 0 Å². The van der Waals surface area contributed by atoms with Crippen molar-refractivity contribution in [2.45, 2.75) is 18.2 Å². The number of hydrogen-bond donors (Lipinski definition) is 0. The van der Waals surface area contributed by atoms with Crippen molar-refractivity contribution in [3.05, 3.63) is 24.3 Å². The summed E-state index contributed by atoms with van der Waals surface area (Å²) in [6.07, 6.45) is 6.21. The Kier molecular flexibility index (Phi) is 2.81. The molecular formula is C7H9BrN2. The van der Waals surface area contributed by atoms with Crippen LogP contribution < -0.4 is 0 Å². The van der Waals surface area contributed by atoms with E-state index in [0.29, 0.717) is 4.83 Å². The van der Waals surface area contributed by atoms with Gasteiger partial charge in [0.15, 0.2) is 0 Å². The van der Waals surface area contributed by atoms with Crippen LogP contribution in [0.5, 0.6) is 0 Å². The van der Waals surface area contributed by atoms with E-state index >= 15 is 0 Å². The van der Waals surface area contributed by atoms with Gasteiger partial charge in [0.2, 0.25) is 0 Å². The standard InChI is InChI=1S/C7H9BrN2/c1-2-6(8)7-5-9-3-4-10-7/h3-6H,2H2,1H3/t6-/m1/s1. The molecule has 0 amide bonds. The lowest BCUT2D eigenvalue weighted by Gasteiger charge is -2.02. The van der Waals surface area contributed by atoms with E-state index < -0.39 is 0 Å². The molecule has 3 heteroatoms. The molecule has 1 aromatic rings. The largest absolute Gasteiger partial charge is 0.261 e. The van der Waals surface area contributed by atoms with Gasteiger partial charge in [-0.05, 0) is 6.42 Å². The van der Waals surface area contributed by atoms with Crippen molar-refractivity contribution >= 4 is 15.9 Å². The van der Waals surface area contributed by atoms with Gasteiger partial charge < -0.3 is 0 Å². The summed E-state index contributed by atoms with van der Waals surface area (Å²) in [6, 6.07) is 0. The third-order valence-electron chi connectivity index (χ3n) is 1.26. The predicted molar refractivity (Wildman–Crippen MR) is 44.0 cm³/mol. The molecule has 1 rings (SSSR count). The highest BCUT2D eigenvalue weighted by molar-refractivity contribution is 9.09. The summed E-state index contributed by atoms with van der Waals surface area (Å²) >= 11 is 3.48. The highest BCUT2D eigenvalue weighted by Gasteiger charge is 2.03. The lowest BCUT2D eigenvalue weighted by Crippen LogP contribution is -1.91. The number of nitrogens with zero attached hydrogens (tertiary/aromatic N) is 2. The van der Waals surface area contributed by atoms with Crippen LogP contribution in [0.15, 0.2) is 18.6 Å². The fourth-order valence-electron chi connectivity index (χ4n) is 0.682. The van der Waals surface area contributed by atoms with E-state index in [0.717, 1.165) is 12.1 Å². The third kappa shape index (κ3) is 1.77. The fourth-order valence-corrected chi connectivity index (χ4v) is 0.918. The summed E-state index contributed by atoms with van der Waals surface area (Å²) in [6.45, 7) is 2.11. The minimum absolute atomic E-state index is 0.348. The van der Waals surface area contributed by atoms with E-state index in [1.165, 1.54) is 0 Å². The second-order valence-electron chi connectivity index (χ2n) is 2.01. The zero-order valence-corrected chi connectivity index (χ0v) is 7.37. The zero-order chi connectivity index (χ0) is 7.40. The highest BCUT2D eigenvalue weighted by atomic mass is 79.9. The second-order valence-corrected chi connectivity index (χ2v) is 3.11. The molecule has 0 spiro atoms. The Morgan fingerprint density at radius 2 is 2.40 bits per heavy atom. The molecule has 0 unspecified atom stereocenters. The van der Waals surface area contributed by atoms with E-state index in [-0.39, 0.29) is 0 Å². The van der Waals surface area contributed by atoms with Gasteiger partial charge in [-0.2, -0.15) is 0 Å². The average molecular weight is 201 g/mol. The molecule has 1 atom stereocenters. The maximum absolute atomic E-state index is 4.14. The Morgan fingerprint density at radius 3 is 2.90 bits per heavy atom. The summed E-state index contributed by atoms with van der Waals surface area (Å²) in [5, 5.41) is 0.